The molecule has 8 heteroatoms. The molecule has 8 nitrogen and oxygen atoms in total. The highest BCUT2D eigenvalue weighted by atomic mass is 16.6. The zero-order valence-electron chi connectivity index (χ0n) is 12.6. The van der Waals surface area contributed by atoms with Gasteiger partial charge >= 0.3 is 0 Å². The van der Waals surface area contributed by atoms with Gasteiger partial charge in [-0.15, -0.1) is 0 Å². The molecule has 1 fully saturated rings. The van der Waals surface area contributed by atoms with Crippen molar-refractivity contribution in [3.8, 4) is 0 Å². The number of aromatic nitrogens is 3. The van der Waals surface area contributed by atoms with Crippen molar-refractivity contribution in [2.24, 2.45) is 4.99 Å². The first-order chi connectivity index (χ1) is 11.0. The lowest BCUT2D eigenvalue weighted by atomic mass is 9.96. The van der Waals surface area contributed by atoms with Crippen LogP contribution in [0.25, 0.3) is 11.0 Å². The minimum absolute atomic E-state index is 0.371. The smallest absolute Gasteiger partial charge is 0.167 e. The number of hydrogen-bond donors (Lipinski definition) is 3. The van der Waals surface area contributed by atoms with E-state index in [1.807, 2.05) is 12.4 Å². The van der Waals surface area contributed by atoms with Gasteiger partial charge in [0.1, 0.15) is 29.8 Å². The van der Waals surface area contributed by atoms with Gasteiger partial charge in [-0.1, -0.05) is 0 Å². The quantitative estimate of drug-likeness (QED) is 0.723. The molecule has 4 heterocycles. The van der Waals surface area contributed by atoms with Gasteiger partial charge in [0, 0.05) is 12.4 Å². The van der Waals surface area contributed by atoms with Crippen LogP contribution in [0.4, 0.5) is 5.82 Å². The molecule has 0 radical (unpaired) electrons. The molecule has 0 aromatic carbocycles. The third-order valence-corrected chi connectivity index (χ3v) is 4.61. The summed E-state index contributed by atoms with van der Waals surface area (Å²) in [5.74, 6) is 0.596. The second-order valence-corrected chi connectivity index (χ2v) is 6.19. The average molecular weight is 318 g/mol. The summed E-state index contributed by atoms with van der Waals surface area (Å²) in [4.78, 5) is 12.9. The summed E-state index contributed by atoms with van der Waals surface area (Å²) in [7, 11) is 0. The van der Waals surface area contributed by atoms with Crippen molar-refractivity contribution < 1.29 is 20.1 Å². The summed E-state index contributed by atoms with van der Waals surface area (Å²) in [5.41, 5.74) is 0.0734. The molecule has 2 aliphatic rings. The Labute approximate surface area is 132 Å². The summed E-state index contributed by atoms with van der Waals surface area (Å²) >= 11 is 0. The lowest BCUT2D eigenvalue weighted by Crippen LogP contribution is -2.44. The Morgan fingerprint density at radius 1 is 1.43 bits per heavy atom. The van der Waals surface area contributed by atoms with Crippen molar-refractivity contribution in [1.82, 2.24) is 14.5 Å². The average Bonchev–Trinajstić information content (AvgIpc) is 2.90. The molecule has 3 N–H and O–H groups in total. The maximum absolute atomic E-state index is 10.7. The summed E-state index contributed by atoms with van der Waals surface area (Å²) in [6, 6.07) is 0. The Bertz CT molecular complexity index is 785. The maximum Gasteiger partial charge on any atom is 0.167 e. The highest BCUT2D eigenvalue weighted by molar-refractivity contribution is 5.92. The zero-order valence-corrected chi connectivity index (χ0v) is 12.6. The van der Waals surface area contributed by atoms with Crippen molar-refractivity contribution in [2.45, 2.75) is 43.8 Å². The number of ether oxygens (including phenoxy) is 1. The van der Waals surface area contributed by atoms with Crippen molar-refractivity contribution >= 4 is 23.1 Å². The van der Waals surface area contributed by atoms with Crippen molar-refractivity contribution in [2.75, 3.05) is 6.61 Å². The number of aliphatic imine (C=N–C) groups is 1. The maximum atomic E-state index is 10.7. The van der Waals surface area contributed by atoms with Crippen LogP contribution >= 0.6 is 0 Å². The lowest BCUT2D eigenvalue weighted by molar-refractivity contribution is -0.0948. The second kappa shape index (κ2) is 5.07. The molecule has 0 aliphatic carbocycles. The van der Waals surface area contributed by atoms with E-state index in [4.69, 9.17) is 4.74 Å². The molecule has 0 saturated carbocycles. The fourth-order valence-electron chi connectivity index (χ4n) is 3.37. The van der Waals surface area contributed by atoms with Gasteiger partial charge in [-0.25, -0.2) is 15.0 Å². The Kier molecular flexibility index (Phi) is 3.24. The summed E-state index contributed by atoms with van der Waals surface area (Å²) in [6.45, 7) is 1.13. The molecular formula is C15H18N4O4. The van der Waals surface area contributed by atoms with E-state index in [0.29, 0.717) is 11.5 Å². The van der Waals surface area contributed by atoms with Gasteiger partial charge in [-0.2, -0.15) is 0 Å². The first-order valence-electron chi connectivity index (χ1n) is 7.57. The molecule has 1 saturated heterocycles. The lowest BCUT2D eigenvalue weighted by Gasteiger charge is -2.27. The van der Waals surface area contributed by atoms with E-state index in [-0.39, 0.29) is 6.61 Å². The Morgan fingerprint density at radius 2 is 2.26 bits per heavy atom. The van der Waals surface area contributed by atoms with Gasteiger partial charge in [0.15, 0.2) is 12.0 Å². The molecule has 23 heavy (non-hydrogen) atoms. The fourth-order valence-corrected chi connectivity index (χ4v) is 3.37. The molecule has 2 aromatic rings. The van der Waals surface area contributed by atoms with E-state index < -0.39 is 24.0 Å². The number of aryl methyl sites for hydroxylation is 1. The number of hydrogen-bond acceptors (Lipinski definition) is 7. The van der Waals surface area contributed by atoms with Crippen LogP contribution in [0.15, 0.2) is 17.5 Å². The van der Waals surface area contributed by atoms with E-state index >= 15 is 0 Å². The van der Waals surface area contributed by atoms with Crippen LogP contribution in [0.1, 0.15) is 25.1 Å². The van der Waals surface area contributed by atoms with Crippen LogP contribution in [-0.2, 0) is 11.2 Å². The second-order valence-electron chi connectivity index (χ2n) is 6.19. The minimum Gasteiger partial charge on any atom is -0.394 e. The Morgan fingerprint density at radius 3 is 3.00 bits per heavy atom. The molecule has 0 amide bonds. The summed E-state index contributed by atoms with van der Waals surface area (Å²) in [6.07, 6.45) is 3.81. The highest BCUT2D eigenvalue weighted by Crippen LogP contribution is 2.41. The molecule has 0 bridgehead atoms. The SMILES string of the molecule is C[C@@]1(O)[C@H](O)[C@@H](CO)O[C@H]1n1cc2c3c(ncnc31)N=CCC2. The van der Waals surface area contributed by atoms with E-state index in [0.717, 1.165) is 23.8 Å². The fraction of sp³-hybridized carbons (Fsp3) is 0.533. The van der Waals surface area contributed by atoms with Crippen LogP contribution in [-0.4, -0.2) is 60.5 Å². The molecule has 4 atom stereocenters. The van der Waals surface area contributed by atoms with E-state index in [1.165, 1.54) is 13.3 Å². The van der Waals surface area contributed by atoms with Crippen LogP contribution in [0.3, 0.4) is 0 Å². The summed E-state index contributed by atoms with van der Waals surface area (Å²) in [5, 5.41) is 31.0. The van der Waals surface area contributed by atoms with Gasteiger partial charge < -0.3 is 24.6 Å². The third kappa shape index (κ3) is 2.03. The van der Waals surface area contributed by atoms with Gasteiger partial charge in [0.05, 0.1) is 12.0 Å². The summed E-state index contributed by atoms with van der Waals surface area (Å²) < 4.78 is 7.40. The minimum atomic E-state index is -1.55. The largest absolute Gasteiger partial charge is 0.394 e. The molecule has 122 valence electrons. The van der Waals surface area contributed by atoms with Crippen LogP contribution in [0.2, 0.25) is 0 Å². The molecule has 0 unspecified atom stereocenters. The monoisotopic (exact) mass is 318 g/mol. The van der Waals surface area contributed by atoms with Gasteiger partial charge in [-0.3, -0.25) is 0 Å². The third-order valence-electron chi connectivity index (χ3n) is 4.61. The topological polar surface area (TPSA) is 113 Å². The standard InChI is InChI=1S/C15H18N4O4/c1-15(22)11(21)9(6-20)23-14(15)19-5-8-3-2-4-16-12-10(8)13(19)18-7-17-12/h4-5,7,9,11,14,20-22H,2-3,6H2,1H3/t9-,11-,14-,15-/m1/s1. The van der Waals surface area contributed by atoms with E-state index in [2.05, 4.69) is 15.0 Å². The Balaban J connectivity index is 1.89. The predicted molar refractivity (Wildman–Crippen MR) is 81.6 cm³/mol. The number of rotatable bonds is 2. The molecule has 2 aliphatic heterocycles. The van der Waals surface area contributed by atoms with Gasteiger partial charge in [0.25, 0.3) is 0 Å². The van der Waals surface area contributed by atoms with Gasteiger partial charge in [-0.05, 0) is 25.3 Å². The Hall–Kier alpha value is -1.87. The van der Waals surface area contributed by atoms with Crippen molar-refractivity contribution in [3.63, 3.8) is 0 Å². The van der Waals surface area contributed by atoms with E-state index in [1.54, 1.807) is 4.57 Å². The highest BCUT2D eigenvalue weighted by Gasteiger charge is 2.53. The normalized spacial score (nSPS) is 33.3. The van der Waals surface area contributed by atoms with E-state index in [9.17, 15) is 15.3 Å². The molecular weight excluding hydrogens is 300 g/mol. The molecule has 2 aromatic heterocycles. The van der Waals surface area contributed by atoms with Crippen molar-refractivity contribution in [3.05, 3.63) is 18.1 Å². The number of aliphatic hydroxyl groups excluding tert-OH is 2. The number of aliphatic hydroxyl groups is 3. The van der Waals surface area contributed by atoms with Crippen molar-refractivity contribution in [1.29, 1.82) is 0 Å². The number of nitrogens with zero attached hydrogens (tertiary/aromatic N) is 4. The zero-order chi connectivity index (χ0) is 16.2. The van der Waals surface area contributed by atoms with Gasteiger partial charge in [0.2, 0.25) is 0 Å². The molecule has 4 rings (SSSR count). The van der Waals surface area contributed by atoms with Crippen LogP contribution in [0.5, 0.6) is 0 Å². The van der Waals surface area contributed by atoms with Crippen LogP contribution in [0, 0.1) is 0 Å². The first-order valence-corrected chi connectivity index (χ1v) is 7.57. The first kappa shape index (κ1) is 14.7. The predicted octanol–water partition coefficient (Wildman–Crippen LogP) is 0.0814. The molecule has 0 spiro atoms. The van der Waals surface area contributed by atoms with Crippen LogP contribution < -0.4 is 0 Å².